The summed E-state index contributed by atoms with van der Waals surface area (Å²) in [7, 11) is 5.28. The Bertz CT molecular complexity index is 1380. The number of Topliss-reactive ketones (excluding diaryl/α,β-unsaturated/α-hetero) is 1. The van der Waals surface area contributed by atoms with Crippen LogP contribution in [0.25, 0.3) is 5.76 Å². The second kappa shape index (κ2) is 10.3. The van der Waals surface area contributed by atoms with Gasteiger partial charge in [0, 0.05) is 25.5 Å². The van der Waals surface area contributed by atoms with Crippen LogP contribution in [0.15, 0.2) is 66.2 Å². The van der Waals surface area contributed by atoms with Gasteiger partial charge in [-0.3, -0.25) is 14.5 Å². The van der Waals surface area contributed by atoms with Gasteiger partial charge in [-0.05, 0) is 67.9 Å². The standard InChI is InChI=1S/C29H30N2O6/c1-6-37-24-16-18(8-13-22(24)32)26-25(27(33)21-15-17(2)7-14-23(21)36-5)28(34)29(35)31(26)20-11-9-19(10-12-20)30(3)4/h7-16,26,32-33H,6H2,1-5H3/b27-25+. The van der Waals surface area contributed by atoms with Gasteiger partial charge in [-0.1, -0.05) is 17.7 Å². The second-order valence-electron chi connectivity index (χ2n) is 8.94. The predicted octanol–water partition coefficient (Wildman–Crippen LogP) is 4.80. The predicted molar refractivity (Wildman–Crippen MR) is 143 cm³/mol. The molecule has 0 aromatic heterocycles. The number of phenolic OH excluding ortho intramolecular Hbond substituents is 1. The van der Waals surface area contributed by atoms with E-state index in [2.05, 4.69) is 0 Å². The fraction of sp³-hybridized carbons (Fsp3) is 0.241. The summed E-state index contributed by atoms with van der Waals surface area (Å²) < 4.78 is 11.0. The molecule has 8 nitrogen and oxygen atoms in total. The van der Waals surface area contributed by atoms with Crippen LogP contribution >= 0.6 is 0 Å². The van der Waals surface area contributed by atoms with Gasteiger partial charge >= 0.3 is 0 Å². The fourth-order valence-electron chi connectivity index (χ4n) is 4.45. The van der Waals surface area contributed by atoms with Crippen molar-refractivity contribution in [3.63, 3.8) is 0 Å². The highest BCUT2D eigenvalue weighted by molar-refractivity contribution is 6.51. The number of phenols is 1. The van der Waals surface area contributed by atoms with Crippen LogP contribution in [0.2, 0.25) is 0 Å². The Morgan fingerprint density at radius 2 is 1.70 bits per heavy atom. The van der Waals surface area contributed by atoms with E-state index in [1.165, 1.54) is 18.1 Å². The lowest BCUT2D eigenvalue weighted by Crippen LogP contribution is -2.29. The molecule has 4 rings (SSSR count). The molecule has 1 saturated heterocycles. The highest BCUT2D eigenvalue weighted by Crippen LogP contribution is 2.45. The number of aliphatic hydroxyl groups is 1. The molecule has 1 atom stereocenters. The average molecular weight is 503 g/mol. The number of hydrogen-bond acceptors (Lipinski definition) is 7. The topological polar surface area (TPSA) is 99.5 Å². The third-order valence-corrected chi connectivity index (χ3v) is 6.30. The van der Waals surface area contributed by atoms with Crippen LogP contribution in [0.4, 0.5) is 11.4 Å². The zero-order chi connectivity index (χ0) is 26.9. The number of ketones is 1. The monoisotopic (exact) mass is 502 g/mol. The molecule has 1 aliphatic rings. The van der Waals surface area contributed by atoms with Crippen LogP contribution in [0, 0.1) is 6.92 Å². The van der Waals surface area contributed by atoms with E-state index >= 15 is 0 Å². The average Bonchev–Trinajstić information content (AvgIpc) is 3.15. The number of hydrogen-bond donors (Lipinski definition) is 2. The van der Waals surface area contributed by atoms with Crippen molar-refractivity contribution in [1.82, 2.24) is 0 Å². The van der Waals surface area contributed by atoms with Gasteiger partial charge in [0.2, 0.25) is 0 Å². The highest BCUT2D eigenvalue weighted by atomic mass is 16.5. The minimum atomic E-state index is -0.977. The van der Waals surface area contributed by atoms with Gasteiger partial charge in [0.25, 0.3) is 11.7 Å². The van der Waals surface area contributed by atoms with E-state index in [0.717, 1.165) is 11.3 Å². The molecule has 37 heavy (non-hydrogen) atoms. The summed E-state index contributed by atoms with van der Waals surface area (Å²) in [6, 6.07) is 16.1. The van der Waals surface area contributed by atoms with Crippen LogP contribution in [-0.4, -0.2) is 49.7 Å². The molecule has 0 spiro atoms. The van der Waals surface area contributed by atoms with E-state index in [4.69, 9.17) is 9.47 Å². The quantitative estimate of drug-likeness (QED) is 0.272. The molecular weight excluding hydrogens is 472 g/mol. The molecule has 0 bridgehead atoms. The zero-order valence-corrected chi connectivity index (χ0v) is 21.5. The number of anilines is 2. The Balaban J connectivity index is 1.98. The van der Waals surface area contributed by atoms with E-state index in [9.17, 15) is 19.8 Å². The van der Waals surface area contributed by atoms with Crippen molar-refractivity contribution in [3.8, 4) is 17.2 Å². The highest BCUT2D eigenvalue weighted by Gasteiger charge is 2.47. The molecule has 1 fully saturated rings. The van der Waals surface area contributed by atoms with Gasteiger partial charge < -0.3 is 24.6 Å². The first-order chi connectivity index (χ1) is 17.7. The number of carbonyl (C=O) groups is 2. The molecule has 1 amide bonds. The van der Waals surface area contributed by atoms with Gasteiger partial charge in [-0.25, -0.2) is 0 Å². The molecule has 1 heterocycles. The smallest absolute Gasteiger partial charge is 0.300 e. The Morgan fingerprint density at radius 1 is 1.00 bits per heavy atom. The van der Waals surface area contributed by atoms with E-state index in [0.29, 0.717) is 29.2 Å². The minimum Gasteiger partial charge on any atom is -0.507 e. The summed E-state index contributed by atoms with van der Waals surface area (Å²) in [4.78, 5) is 30.2. The molecule has 3 aromatic rings. The number of aryl methyl sites for hydroxylation is 1. The number of amides is 1. The van der Waals surface area contributed by atoms with Crippen molar-refractivity contribution in [2.45, 2.75) is 19.9 Å². The molecule has 2 N–H and O–H groups in total. The first-order valence-electron chi connectivity index (χ1n) is 11.9. The van der Waals surface area contributed by atoms with E-state index in [-0.39, 0.29) is 22.8 Å². The van der Waals surface area contributed by atoms with Gasteiger partial charge in [0.05, 0.1) is 30.9 Å². The van der Waals surface area contributed by atoms with Crippen molar-refractivity contribution in [1.29, 1.82) is 0 Å². The maximum absolute atomic E-state index is 13.5. The van der Waals surface area contributed by atoms with Crippen molar-refractivity contribution in [2.24, 2.45) is 0 Å². The van der Waals surface area contributed by atoms with Crippen LogP contribution in [-0.2, 0) is 9.59 Å². The Morgan fingerprint density at radius 3 is 2.32 bits per heavy atom. The Kier molecular flexibility index (Phi) is 7.11. The van der Waals surface area contributed by atoms with E-state index < -0.39 is 17.7 Å². The number of aromatic hydroxyl groups is 1. The zero-order valence-electron chi connectivity index (χ0n) is 21.5. The number of nitrogens with zero attached hydrogens (tertiary/aromatic N) is 2. The van der Waals surface area contributed by atoms with Crippen LogP contribution < -0.4 is 19.3 Å². The van der Waals surface area contributed by atoms with Crippen LogP contribution in [0.1, 0.15) is 29.7 Å². The third kappa shape index (κ3) is 4.70. The maximum Gasteiger partial charge on any atom is 0.300 e. The summed E-state index contributed by atoms with van der Waals surface area (Å²) in [5.41, 5.74) is 2.96. The number of carbonyl (C=O) groups excluding carboxylic acids is 2. The van der Waals surface area contributed by atoms with Crippen LogP contribution in [0.5, 0.6) is 17.2 Å². The summed E-state index contributed by atoms with van der Waals surface area (Å²) in [5, 5.41) is 21.8. The van der Waals surface area contributed by atoms with Gasteiger partial charge in [-0.15, -0.1) is 0 Å². The second-order valence-corrected chi connectivity index (χ2v) is 8.94. The maximum atomic E-state index is 13.5. The normalized spacial score (nSPS) is 16.7. The summed E-state index contributed by atoms with van der Waals surface area (Å²) in [6.45, 7) is 3.95. The van der Waals surface area contributed by atoms with Crippen molar-refractivity contribution in [3.05, 3.63) is 82.9 Å². The van der Waals surface area contributed by atoms with Crippen molar-refractivity contribution < 1.29 is 29.3 Å². The lowest BCUT2D eigenvalue weighted by molar-refractivity contribution is -0.132. The van der Waals surface area contributed by atoms with Gasteiger partial charge in [0.15, 0.2) is 11.5 Å². The number of ether oxygens (including phenoxy) is 2. The van der Waals surface area contributed by atoms with E-state index in [1.807, 2.05) is 44.1 Å². The largest absolute Gasteiger partial charge is 0.507 e. The first kappa shape index (κ1) is 25.6. The molecule has 0 aliphatic carbocycles. The molecular formula is C29H30N2O6. The van der Waals surface area contributed by atoms with Crippen molar-refractivity contribution in [2.75, 3.05) is 37.6 Å². The summed E-state index contributed by atoms with van der Waals surface area (Å²) in [6.07, 6.45) is 0. The van der Waals surface area contributed by atoms with Crippen LogP contribution in [0.3, 0.4) is 0 Å². The Labute approximate surface area is 216 Å². The fourth-order valence-corrected chi connectivity index (χ4v) is 4.45. The molecule has 192 valence electrons. The van der Waals surface area contributed by atoms with Crippen molar-refractivity contribution >= 4 is 28.8 Å². The van der Waals surface area contributed by atoms with E-state index in [1.54, 1.807) is 43.3 Å². The van der Waals surface area contributed by atoms with Gasteiger partial charge in [0.1, 0.15) is 11.5 Å². The Hall–Kier alpha value is -4.46. The number of aliphatic hydroxyl groups excluding tert-OH is 1. The molecule has 3 aromatic carbocycles. The minimum absolute atomic E-state index is 0.0711. The summed E-state index contributed by atoms with van der Waals surface area (Å²) >= 11 is 0. The third-order valence-electron chi connectivity index (χ3n) is 6.30. The SMILES string of the molecule is CCOc1cc(C2/C(=C(\O)c3cc(C)ccc3OC)C(=O)C(=O)N2c2ccc(N(C)C)cc2)ccc1O. The molecule has 0 saturated carbocycles. The molecule has 1 unspecified atom stereocenters. The van der Waals surface area contributed by atoms with Gasteiger partial charge in [-0.2, -0.15) is 0 Å². The number of methoxy groups -OCH3 is 1. The molecule has 1 aliphatic heterocycles. The lowest BCUT2D eigenvalue weighted by atomic mass is 9.94. The number of rotatable bonds is 7. The summed E-state index contributed by atoms with van der Waals surface area (Å²) in [5.74, 6) is -1.44. The lowest BCUT2D eigenvalue weighted by Gasteiger charge is -2.26. The first-order valence-corrected chi connectivity index (χ1v) is 11.9. The molecule has 8 heteroatoms. The number of benzene rings is 3. The molecule has 0 radical (unpaired) electrons.